The van der Waals surface area contributed by atoms with Gasteiger partial charge in [0.05, 0.1) is 31.0 Å². The van der Waals surface area contributed by atoms with E-state index in [2.05, 4.69) is 30.4 Å². The highest BCUT2D eigenvalue weighted by Gasteiger charge is 2.58. The third kappa shape index (κ3) is 7.91. The molecule has 9 atom stereocenters. The summed E-state index contributed by atoms with van der Waals surface area (Å²) in [6.45, 7) is 9.75. The Morgan fingerprint density at radius 2 is 1.90 bits per heavy atom. The van der Waals surface area contributed by atoms with Gasteiger partial charge in [-0.2, -0.15) is 0 Å². The average Bonchev–Trinajstić information content (AvgIpc) is 3.69. The fourth-order valence-corrected chi connectivity index (χ4v) is 5.53. The number of amides is 1. The second kappa shape index (κ2) is 13.3. The molecule has 2 N–H and O–H groups in total. The number of nitrogens with one attached hydrogen (secondary N) is 1. The van der Waals surface area contributed by atoms with Crippen molar-refractivity contribution >= 4 is 11.9 Å². The molecule has 0 aromatic heterocycles. The standard InChI is InChI=1S/C32H43NO7/c1-20(12-15-28-31(36)32(19-37-32)18-29(40-28)25-9-7-6-8-10-25)11-14-27-21(2)17-26(23(4)39-27)33-30(35)16-13-22(3)38-24(5)34/h6-13,15-16,21-23,26-29,31,36H,14,17-19H2,1-5H3,(H,33,35)/b15-12+,16-13-,20-11+/t21-,22-,23+,26+,27-,28+,29-,31+,32+/m0/s1. The number of aliphatic hydroxyl groups is 1. The first-order valence-electron chi connectivity index (χ1n) is 14.2. The molecule has 0 aliphatic carbocycles. The molecule has 3 aliphatic heterocycles. The van der Waals surface area contributed by atoms with Crippen LogP contribution in [-0.4, -0.2) is 65.8 Å². The highest BCUT2D eigenvalue weighted by Crippen LogP contribution is 2.47. The maximum Gasteiger partial charge on any atom is 0.303 e. The molecule has 8 heteroatoms. The SMILES string of the molecule is CC(=O)O[C@@H](C)/C=C\C(=O)N[C@@H]1C[C@H](C)[C@H](C/C=C(C)/C=C/[C@H]2O[C@H](c3ccccc3)C[C@@]3(CO3)[C@@H]2O)O[C@@H]1C. The Labute approximate surface area is 237 Å². The summed E-state index contributed by atoms with van der Waals surface area (Å²) >= 11 is 0. The smallest absolute Gasteiger partial charge is 0.303 e. The van der Waals surface area contributed by atoms with Gasteiger partial charge in [-0.3, -0.25) is 9.59 Å². The van der Waals surface area contributed by atoms with Crippen LogP contribution < -0.4 is 5.32 Å². The van der Waals surface area contributed by atoms with Gasteiger partial charge < -0.3 is 29.4 Å². The summed E-state index contributed by atoms with van der Waals surface area (Å²) in [7, 11) is 0. The van der Waals surface area contributed by atoms with Gasteiger partial charge in [0, 0.05) is 19.4 Å². The van der Waals surface area contributed by atoms with Crippen molar-refractivity contribution in [3.05, 3.63) is 71.8 Å². The minimum Gasteiger partial charge on any atom is -0.459 e. The number of carbonyl (C=O) groups excluding carboxylic acids is 2. The zero-order valence-electron chi connectivity index (χ0n) is 24.1. The maximum absolute atomic E-state index is 12.4. The average molecular weight is 554 g/mol. The molecule has 0 radical (unpaired) electrons. The zero-order valence-corrected chi connectivity index (χ0v) is 24.1. The molecule has 3 heterocycles. The molecule has 0 bridgehead atoms. The largest absolute Gasteiger partial charge is 0.459 e. The van der Waals surface area contributed by atoms with Crippen molar-refractivity contribution in [2.75, 3.05) is 6.61 Å². The molecule has 0 unspecified atom stereocenters. The molecule has 0 saturated carbocycles. The van der Waals surface area contributed by atoms with E-state index < -0.39 is 23.9 Å². The quantitative estimate of drug-likeness (QED) is 0.203. The van der Waals surface area contributed by atoms with E-state index in [0.717, 1.165) is 24.0 Å². The van der Waals surface area contributed by atoms with E-state index in [1.165, 1.54) is 13.0 Å². The van der Waals surface area contributed by atoms with Crippen LogP contribution in [-0.2, 0) is 28.5 Å². The van der Waals surface area contributed by atoms with Crippen LogP contribution in [0.15, 0.2) is 66.3 Å². The monoisotopic (exact) mass is 553 g/mol. The number of allylic oxidation sites excluding steroid dienone is 2. The Kier molecular flexibility index (Phi) is 10.0. The first-order chi connectivity index (χ1) is 19.1. The predicted octanol–water partition coefficient (Wildman–Crippen LogP) is 4.35. The van der Waals surface area contributed by atoms with Crippen molar-refractivity contribution in [3.63, 3.8) is 0 Å². The highest BCUT2D eigenvalue weighted by atomic mass is 16.6. The van der Waals surface area contributed by atoms with E-state index in [-0.39, 0.29) is 42.1 Å². The third-order valence-corrected chi connectivity index (χ3v) is 8.02. The number of aliphatic hydroxyl groups excluding tert-OH is 1. The Morgan fingerprint density at radius 1 is 1.18 bits per heavy atom. The van der Waals surface area contributed by atoms with Gasteiger partial charge in [0.15, 0.2) is 0 Å². The lowest BCUT2D eigenvalue weighted by Crippen LogP contribution is -2.50. The van der Waals surface area contributed by atoms with Gasteiger partial charge in [0.1, 0.15) is 23.9 Å². The van der Waals surface area contributed by atoms with Crippen molar-refractivity contribution < 1.29 is 33.6 Å². The van der Waals surface area contributed by atoms with Crippen molar-refractivity contribution in [1.29, 1.82) is 0 Å². The molecule has 1 aromatic rings. The topological polar surface area (TPSA) is 107 Å². The van der Waals surface area contributed by atoms with Crippen LogP contribution in [0.25, 0.3) is 0 Å². The summed E-state index contributed by atoms with van der Waals surface area (Å²) in [5, 5.41) is 13.9. The number of carbonyl (C=O) groups is 2. The van der Waals surface area contributed by atoms with Gasteiger partial charge >= 0.3 is 5.97 Å². The minimum absolute atomic E-state index is 0.0353. The molecule has 8 nitrogen and oxygen atoms in total. The Balaban J connectivity index is 1.28. The number of hydrogen-bond acceptors (Lipinski definition) is 7. The molecule has 3 fully saturated rings. The van der Waals surface area contributed by atoms with E-state index in [1.54, 1.807) is 13.0 Å². The third-order valence-electron chi connectivity index (χ3n) is 8.02. The summed E-state index contributed by atoms with van der Waals surface area (Å²) in [4.78, 5) is 23.4. The summed E-state index contributed by atoms with van der Waals surface area (Å²) in [5.41, 5.74) is 1.64. The van der Waals surface area contributed by atoms with Gasteiger partial charge in [0.25, 0.3) is 0 Å². The van der Waals surface area contributed by atoms with E-state index in [4.69, 9.17) is 18.9 Å². The lowest BCUT2D eigenvalue weighted by atomic mass is 9.86. The number of ether oxygens (including phenoxy) is 4. The number of benzene rings is 1. The summed E-state index contributed by atoms with van der Waals surface area (Å²) in [5.74, 6) is -0.365. The molecule has 3 saturated heterocycles. The normalized spacial score (nSPS) is 35.1. The van der Waals surface area contributed by atoms with Crippen LogP contribution in [0.1, 0.15) is 65.5 Å². The molecule has 3 aliphatic rings. The number of hydrogen-bond donors (Lipinski definition) is 2. The Bertz CT molecular complexity index is 1110. The highest BCUT2D eigenvalue weighted by molar-refractivity contribution is 5.87. The molecule has 218 valence electrons. The van der Waals surface area contributed by atoms with E-state index in [0.29, 0.717) is 13.0 Å². The van der Waals surface area contributed by atoms with E-state index >= 15 is 0 Å². The van der Waals surface area contributed by atoms with Crippen LogP contribution >= 0.6 is 0 Å². The zero-order chi connectivity index (χ0) is 28.9. The Morgan fingerprint density at radius 3 is 2.58 bits per heavy atom. The number of rotatable bonds is 9. The van der Waals surface area contributed by atoms with Crippen LogP contribution in [0.3, 0.4) is 0 Å². The van der Waals surface area contributed by atoms with Crippen LogP contribution in [0.4, 0.5) is 0 Å². The Hall–Kier alpha value is -2.78. The van der Waals surface area contributed by atoms with Crippen molar-refractivity contribution in [3.8, 4) is 0 Å². The predicted molar refractivity (Wildman–Crippen MR) is 151 cm³/mol. The first kappa shape index (κ1) is 30.2. The molecular weight excluding hydrogens is 510 g/mol. The van der Waals surface area contributed by atoms with Gasteiger partial charge in [-0.15, -0.1) is 0 Å². The summed E-state index contributed by atoms with van der Waals surface area (Å²) in [6, 6.07) is 9.98. The van der Waals surface area contributed by atoms with Crippen molar-refractivity contribution in [1.82, 2.24) is 5.32 Å². The molecule has 1 aromatic carbocycles. The summed E-state index contributed by atoms with van der Waals surface area (Å²) in [6.07, 6.45) is 9.42. The lowest BCUT2D eigenvalue weighted by molar-refractivity contribution is -0.143. The van der Waals surface area contributed by atoms with Crippen LogP contribution in [0, 0.1) is 5.92 Å². The van der Waals surface area contributed by atoms with E-state index in [9.17, 15) is 14.7 Å². The molecule has 40 heavy (non-hydrogen) atoms. The molecule has 4 rings (SSSR count). The van der Waals surface area contributed by atoms with Crippen LogP contribution in [0.2, 0.25) is 0 Å². The molecule has 1 spiro atoms. The second-order valence-electron chi connectivity index (χ2n) is 11.4. The van der Waals surface area contributed by atoms with Gasteiger partial charge in [0.2, 0.25) is 5.91 Å². The summed E-state index contributed by atoms with van der Waals surface area (Å²) < 4.78 is 23.3. The fourth-order valence-electron chi connectivity index (χ4n) is 5.53. The van der Waals surface area contributed by atoms with Gasteiger partial charge in [-0.1, -0.05) is 61.1 Å². The first-order valence-corrected chi connectivity index (χ1v) is 14.2. The molecule has 1 amide bonds. The van der Waals surface area contributed by atoms with Gasteiger partial charge in [-0.05, 0) is 51.2 Å². The fraction of sp³-hybridized carbons (Fsp3) is 0.562. The van der Waals surface area contributed by atoms with Crippen molar-refractivity contribution in [2.45, 2.75) is 102 Å². The number of epoxide rings is 1. The van der Waals surface area contributed by atoms with Gasteiger partial charge in [-0.25, -0.2) is 0 Å². The van der Waals surface area contributed by atoms with E-state index in [1.807, 2.05) is 44.2 Å². The molecular formula is C32H43NO7. The second-order valence-corrected chi connectivity index (χ2v) is 11.4. The lowest BCUT2D eigenvalue weighted by Gasteiger charge is -2.39. The number of esters is 1. The van der Waals surface area contributed by atoms with Crippen molar-refractivity contribution in [2.24, 2.45) is 5.92 Å². The minimum atomic E-state index is -0.703. The maximum atomic E-state index is 12.4. The van der Waals surface area contributed by atoms with Crippen LogP contribution in [0.5, 0.6) is 0 Å².